The number of benzene rings is 1. The van der Waals surface area contributed by atoms with Crippen LogP contribution >= 0.6 is 27.3 Å². The molecule has 20 heavy (non-hydrogen) atoms. The molecule has 1 aromatic heterocycles. The summed E-state index contributed by atoms with van der Waals surface area (Å²) < 4.78 is 11.4. The molecule has 0 radical (unpaired) electrons. The van der Waals surface area contributed by atoms with Crippen LogP contribution in [0.25, 0.3) is 0 Å². The van der Waals surface area contributed by atoms with Crippen molar-refractivity contribution in [1.29, 1.82) is 0 Å². The number of anilines is 1. The summed E-state index contributed by atoms with van der Waals surface area (Å²) in [7, 11) is 3.14. The van der Waals surface area contributed by atoms with Crippen molar-refractivity contribution in [3.05, 3.63) is 39.0 Å². The molecule has 0 aliphatic carbocycles. The van der Waals surface area contributed by atoms with Crippen LogP contribution in [-0.2, 0) is 11.2 Å². The van der Waals surface area contributed by atoms with Crippen LogP contribution in [0.3, 0.4) is 0 Å². The molecule has 0 aliphatic rings. The SMILES string of the molecule is COc1ccc(NC(=O)Cc2ccc(Br)s2)cc1OC. The smallest absolute Gasteiger partial charge is 0.229 e. The molecule has 0 fully saturated rings. The first-order valence-corrected chi connectivity index (χ1v) is 7.49. The molecule has 0 atom stereocenters. The van der Waals surface area contributed by atoms with E-state index in [2.05, 4.69) is 21.2 Å². The Hall–Kier alpha value is -1.53. The minimum absolute atomic E-state index is 0.0634. The Labute approximate surface area is 129 Å². The third kappa shape index (κ3) is 3.74. The van der Waals surface area contributed by atoms with Gasteiger partial charge in [-0.15, -0.1) is 11.3 Å². The number of rotatable bonds is 5. The zero-order valence-corrected chi connectivity index (χ0v) is 13.5. The van der Waals surface area contributed by atoms with E-state index in [0.29, 0.717) is 23.6 Å². The van der Waals surface area contributed by atoms with E-state index in [9.17, 15) is 4.79 Å². The number of methoxy groups -OCH3 is 2. The van der Waals surface area contributed by atoms with Crippen LogP contribution in [0.5, 0.6) is 11.5 Å². The predicted octanol–water partition coefficient (Wildman–Crippen LogP) is 3.71. The average molecular weight is 356 g/mol. The lowest BCUT2D eigenvalue weighted by Gasteiger charge is -2.10. The summed E-state index contributed by atoms with van der Waals surface area (Å²) >= 11 is 4.93. The van der Waals surface area contributed by atoms with Crippen molar-refractivity contribution < 1.29 is 14.3 Å². The van der Waals surface area contributed by atoms with E-state index in [4.69, 9.17) is 9.47 Å². The first-order chi connectivity index (χ1) is 9.62. The maximum Gasteiger partial charge on any atom is 0.229 e. The topological polar surface area (TPSA) is 47.6 Å². The quantitative estimate of drug-likeness (QED) is 0.889. The van der Waals surface area contributed by atoms with Gasteiger partial charge in [0.05, 0.1) is 24.4 Å². The van der Waals surface area contributed by atoms with Gasteiger partial charge >= 0.3 is 0 Å². The highest BCUT2D eigenvalue weighted by molar-refractivity contribution is 9.11. The molecule has 1 amide bonds. The van der Waals surface area contributed by atoms with Crippen molar-refractivity contribution >= 4 is 38.9 Å². The Kier molecular flexibility index (Phi) is 5.03. The molecule has 0 saturated heterocycles. The summed E-state index contributed by atoms with van der Waals surface area (Å²) in [5.74, 6) is 1.16. The largest absolute Gasteiger partial charge is 0.493 e. The minimum Gasteiger partial charge on any atom is -0.493 e. The van der Waals surface area contributed by atoms with Gasteiger partial charge in [-0.05, 0) is 40.2 Å². The molecule has 0 unspecified atom stereocenters. The van der Waals surface area contributed by atoms with Crippen LogP contribution in [0, 0.1) is 0 Å². The fourth-order valence-corrected chi connectivity index (χ4v) is 3.21. The van der Waals surface area contributed by atoms with Gasteiger partial charge in [0.1, 0.15) is 0 Å². The second kappa shape index (κ2) is 6.76. The highest BCUT2D eigenvalue weighted by atomic mass is 79.9. The van der Waals surface area contributed by atoms with Crippen LogP contribution in [0.2, 0.25) is 0 Å². The minimum atomic E-state index is -0.0634. The first-order valence-electron chi connectivity index (χ1n) is 5.88. The van der Waals surface area contributed by atoms with Crippen molar-refractivity contribution in [3.8, 4) is 11.5 Å². The zero-order chi connectivity index (χ0) is 14.5. The van der Waals surface area contributed by atoms with Crippen LogP contribution < -0.4 is 14.8 Å². The van der Waals surface area contributed by atoms with Crippen molar-refractivity contribution in [3.63, 3.8) is 0 Å². The third-order valence-electron chi connectivity index (χ3n) is 2.63. The molecule has 1 heterocycles. The number of amides is 1. The normalized spacial score (nSPS) is 10.2. The molecule has 1 aromatic carbocycles. The molecular formula is C14H14BrNO3S. The summed E-state index contributed by atoms with van der Waals surface area (Å²) in [5.41, 5.74) is 0.684. The summed E-state index contributed by atoms with van der Waals surface area (Å²) in [6.07, 6.45) is 0.352. The number of nitrogens with one attached hydrogen (secondary N) is 1. The van der Waals surface area contributed by atoms with Gasteiger partial charge in [0.25, 0.3) is 0 Å². The molecule has 0 spiro atoms. The number of ether oxygens (including phenoxy) is 2. The van der Waals surface area contributed by atoms with Crippen molar-refractivity contribution in [2.24, 2.45) is 0 Å². The summed E-state index contributed by atoms with van der Waals surface area (Å²) in [4.78, 5) is 13.0. The van der Waals surface area contributed by atoms with Gasteiger partial charge in [0, 0.05) is 16.6 Å². The molecule has 2 aromatic rings. The number of thiophene rings is 1. The summed E-state index contributed by atoms with van der Waals surface area (Å²) in [6.45, 7) is 0. The molecule has 0 saturated carbocycles. The maximum atomic E-state index is 12.0. The van der Waals surface area contributed by atoms with Crippen LogP contribution in [-0.4, -0.2) is 20.1 Å². The van der Waals surface area contributed by atoms with E-state index in [1.54, 1.807) is 43.8 Å². The fourth-order valence-electron chi connectivity index (χ4n) is 1.72. The lowest BCUT2D eigenvalue weighted by atomic mass is 10.2. The molecular weight excluding hydrogens is 342 g/mol. The maximum absolute atomic E-state index is 12.0. The zero-order valence-electron chi connectivity index (χ0n) is 11.1. The van der Waals surface area contributed by atoms with Crippen molar-refractivity contribution in [1.82, 2.24) is 0 Å². The predicted molar refractivity (Wildman–Crippen MR) is 83.9 cm³/mol. The van der Waals surface area contributed by atoms with Crippen molar-refractivity contribution in [2.75, 3.05) is 19.5 Å². The average Bonchev–Trinajstić information content (AvgIpc) is 2.83. The van der Waals surface area contributed by atoms with E-state index in [-0.39, 0.29) is 5.91 Å². The standard InChI is InChI=1S/C14H14BrNO3S/c1-18-11-5-3-9(7-12(11)19-2)16-14(17)8-10-4-6-13(15)20-10/h3-7H,8H2,1-2H3,(H,16,17). The molecule has 6 heteroatoms. The highest BCUT2D eigenvalue weighted by Crippen LogP contribution is 2.30. The fraction of sp³-hybridized carbons (Fsp3) is 0.214. The van der Waals surface area contributed by atoms with Gasteiger partial charge in [0.2, 0.25) is 5.91 Å². The van der Waals surface area contributed by atoms with Crippen molar-refractivity contribution in [2.45, 2.75) is 6.42 Å². The number of hydrogen-bond acceptors (Lipinski definition) is 4. The van der Waals surface area contributed by atoms with E-state index in [0.717, 1.165) is 8.66 Å². The number of carbonyl (C=O) groups excluding carboxylic acids is 1. The first kappa shape index (κ1) is 14.9. The molecule has 106 valence electrons. The monoisotopic (exact) mass is 355 g/mol. The summed E-state index contributed by atoms with van der Waals surface area (Å²) in [6, 6.07) is 9.15. The Morgan fingerprint density at radius 3 is 2.55 bits per heavy atom. The van der Waals surface area contributed by atoms with Gasteiger partial charge in [-0.25, -0.2) is 0 Å². The van der Waals surface area contributed by atoms with Gasteiger partial charge in [0.15, 0.2) is 11.5 Å². The van der Waals surface area contributed by atoms with E-state index in [1.807, 2.05) is 12.1 Å². The van der Waals surface area contributed by atoms with E-state index < -0.39 is 0 Å². The van der Waals surface area contributed by atoms with E-state index >= 15 is 0 Å². The molecule has 4 nitrogen and oxygen atoms in total. The summed E-state index contributed by atoms with van der Waals surface area (Å²) in [5, 5.41) is 2.84. The lowest BCUT2D eigenvalue weighted by molar-refractivity contribution is -0.115. The second-order valence-electron chi connectivity index (χ2n) is 4.00. The van der Waals surface area contributed by atoms with E-state index in [1.165, 1.54) is 0 Å². The Bertz CT molecular complexity index is 612. The van der Waals surface area contributed by atoms with Gasteiger partial charge < -0.3 is 14.8 Å². The second-order valence-corrected chi connectivity index (χ2v) is 6.55. The van der Waals surface area contributed by atoms with Gasteiger partial charge in [-0.3, -0.25) is 4.79 Å². The molecule has 0 aliphatic heterocycles. The lowest BCUT2D eigenvalue weighted by Crippen LogP contribution is -2.13. The molecule has 2 rings (SSSR count). The highest BCUT2D eigenvalue weighted by Gasteiger charge is 2.09. The number of hydrogen-bond donors (Lipinski definition) is 1. The third-order valence-corrected chi connectivity index (χ3v) is 4.25. The van der Waals surface area contributed by atoms with Gasteiger partial charge in [-0.1, -0.05) is 0 Å². The Balaban J connectivity index is 2.04. The van der Waals surface area contributed by atoms with Crippen LogP contribution in [0.4, 0.5) is 5.69 Å². The van der Waals surface area contributed by atoms with Crippen LogP contribution in [0.15, 0.2) is 34.1 Å². The van der Waals surface area contributed by atoms with Gasteiger partial charge in [-0.2, -0.15) is 0 Å². The number of carbonyl (C=O) groups is 1. The number of halogens is 1. The molecule has 1 N–H and O–H groups in total. The van der Waals surface area contributed by atoms with Crippen LogP contribution in [0.1, 0.15) is 4.88 Å². The Morgan fingerprint density at radius 2 is 1.95 bits per heavy atom. The molecule has 0 bridgehead atoms. The Morgan fingerprint density at radius 1 is 1.20 bits per heavy atom.